The maximum Gasteiger partial charge on any atom is 0.0594 e. The van der Waals surface area contributed by atoms with E-state index in [4.69, 9.17) is 4.74 Å². The topological polar surface area (TPSA) is 44.7 Å². The molecule has 2 aliphatic rings. The van der Waals surface area contributed by atoms with Gasteiger partial charge in [-0.15, -0.1) is 0 Å². The number of ether oxygens (including phenoxy) is 1. The van der Waals surface area contributed by atoms with E-state index in [2.05, 4.69) is 24.1 Å². The summed E-state index contributed by atoms with van der Waals surface area (Å²) in [6.45, 7) is 12.1. The van der Waals surface area contributed by atoms with Crippen LogP contribution in [0.2, 0.25) is 0 Å². The summed E-state index contributed by atoms with van der Waals surface area (Å²) >= 11 is 0. The van der Waals surface area contributed by atoms with Gasteiger partial charge in [0.15, 0.2) is 0 Å². The van der Waals surface area contributed by atoms with Crippen molar-refractivity contribution in [3.63, 3.8) is 0 Å². The second kappa shape index (κ2) is 8.62. The van der Waals surface area contributed by atoms with E-state index >= 15 is 0 Å². The highest BCUT2D eigenvalue weighted by atomic mass is 16.5. The minimum absolute atomic E-state index is 0.184. The van der Waals surface area contributed by atoms with E-state index in [9.17, 15) is 5.11 Å². The van der Waals surface area contributed by atoms with Crippen molar-refractivity contribution in [2.75, 3.05) is 52.5 Å². The normalized spacial score (nSPS) is 23.6. The van der Waals surface area contributed by atoms with E-state index in [1.54, 1.807) is 0 Å². The first kappa shape index (κ1) is 18.2. The lowest BCUT2D eigenvalue weighted by atomic mass is 9.73. The van der Waals surface area contributed by atoms with E-state index in [1.165, 1.54) is 38.6 Å². The molecule has 4 heteroatoms. The number of rotatable bonds is 8. The van der Waals surface area contributed by atoms with Crippen LogP contribution in [0.5, 0.6) is 0 Å². The van der Waals surface area contributed by atoms with E-state index in [0.29, 0.717) is 5.41 Å². The Balaban J connectivity index is 1.85. The summed E-state index contributed by atoms with van der Waals surface area (Å²) in [4.78, 5) is 2.61. The van der Waals surface area contributed by atoms with Gasteiger partial charge in [0.05, 0.1) is 13.2 Å². The quantitative estimate of drug-likeness (QED) is 0.722. The van der Waals surface area contributed by atoms with Gasteiger partial charge in [-0.2, -0.15) is 0 Å². The molecule has 0 aromatic heterocycles. The van der Waals surface area contributed by atoms with Gasteiger partial charge in [0.1, 0.15) is 0 Å². The molecule has 1 saturated heterocycles. The van der Waals surface area contributed by atoms with E-state index in [1.807, 2.05) is 0 Å². The Morgan fingerprint density at radius 3 is 2.45 bits per heavy atom. The Kier molecular flexibility index (Phi) is 7.13. The Hall–Kier alpha value is -0.160. The van der Waals surface area contributed by atoms with E-state index in [-0.39, 0.29) is 12.0 Å². The molecule has 0 unspecified atom stereocenters. The van der Waals surface area contributed by atoms with Crippen LogP contribution in [0.25, 0.3) is 0 Å². The highest BCUT2D eigenvalue weighted by molar-refractivity contribution is 4.89. The van der Waals surface area contributed by atoms with Crippen molar-refractivity contribution >= 4 is 0 Å². The molecule has 1 aliphatic heterocycles. The summed E-state index contributed by atoms with van der Waals surface area (Å²) in [5.74, 6) is 0. The van der Waals surface area contributed by atoms with Gasteiger partial charge in [-0.1, -0.05) is 33.1 Å². The molecule has 0 spiro atoms. The van der Waals surface area contributed by atoms with Crippen molar-refractivity contribution in [1.29, 1.82) is 0 Å². The molecule has 0 bridgehead atoms. The zero-order valence-electron chi connectivity index (χ0n) is 14.7. The summed E-state index contributed by atoms with van der Waals surface area (Å²) in [5, 5.41) is 12.9. The molecular weight excluding hydrogens is 276 g/mol. The third-order valence-corrected chi connectivity index (χ3v) is 5.47. The van der Waals surface area contributed by atoms with E-state index < -0.39 is 0 Å². The number of aliphatic hydroxyl groups is 1. The third-order valence-electron chi connectivity index (χ3n) is 5.47. The number of nitrogens with one attached hydrogen (secondary N) is 1. The van der Waals surface area contributed by atoms with Crippen molar-refractivity contribution in [1.82, 2.24) is 10.2 Å². The average Bonchev–Trinajstić information content (AvgIpc) is 2.49. The number of hydrogen-bond donors (Lipinski definition) is 2. The summed E-state index contributed by atoms with van der Waals surface area (Å²) in [6, 6.07) is 0. The molecule has 22 heavy (non-hydrogen) atoms. The molecule has 1 aliphatic carbocycles. The minimum Gasteiger partial charge on any atom is -0.396 e. The standard InChI is InChI=1S/C18H36N2O2/c1-17(2,8-11-21)14-19-15-18(6-4-3-5-7-18)16-20-9-12-22-13-10-20/h19,21H,3-16H2,1-2H3. The molecule has 130 valence electrons. The Bertz CT molecular complexity index is 308. The van der Waals surface area contributed by atoms with Crippen LogP contribution in [0, 0.1) is 10.8 Å². The molecule has 2 fully saturated rings. The minimum atomic E-state index is 0.184. The van der Waals surface area contributed by atoms with Crippen LogP contribution < -0.4 is 5.32 Å². The van der Waals surface area contributed by atoms with Crippen LogP contribution in [0.15, 0.2) is 0 Å². The van der Waals surface area contributed by atoms with Crippen molar-refractivity contribution < 1.29 is 9.84 Å². The summed E-state index contributed by atoms with van der Waals surface area (Å²) < 4.78 is 5.49. The van der Waals surface area contributed by atoms with Crippen molar-refractivity contribution in [3.05, 3.63) is 0 Å². The molecule has 0 amide bonds. The van der Waals surface area contributed by atoms with Crippen molar-refractivity contribution in [2.45, 2.75) is 52.4 Å². The van der Waals surface area contributed by atoms with Gasteiger partial charge in [0.2, 0.25) is 0 Å². The molecule has 4 nitrogen and oxygen atoms in total. The van der Waals surface area contributed by atoms with Crippen molar-refractivity contribution in [3.8, 4) is 0 Å². The van der Waals surface area contributed by atoms with Gasteiger partial charge >= 0.3 is 0 Å². The van der Waals surface area contributed by atoms with Crippen LogP contribution in [0.3, 0.4) is 0 Å². The second-order valence-electron chi connectivity index (χ2n) is 8.19. The summed E-state index contributed by atoms with van der Waals surface area (Å²) in [5.41, 5.74) is 0.633. The highest BCUT2D eigenvalue weighted by Gasteiger charge is 2.34. The Labute approximate surface area is 136 Å². The van der Waals surface area contributed by atoms with Crippen LogP contribution >= 0.6 is 0 Å². The van der Waals surface area contributed by atoms with Crippen LogP contribution in [0.4, 0.5) is 0 Å². The maximum atomic E-state index is 9.17. The first-order chi connectivity index (χ1) is 10.6. The van der Waals surface area contributed by atoms with Gasteiger partial charge in [0.25, 0.3) is 0 Å². The van der Waals surface area contributed by atoms with Gasteiger partial charge in [-0.3, -0.25) is 4.90 Å². The largest absolute Gasteiger partial charge is 0.396 e. The summed E-state index contributed by atoms with van der Waals surface area (Å²) in [6.07, 6.45) is 7.75. The lowest BCUT2D eigenvalue weighted by Gasteiger charge is -2.43. The fraction of sp³-hybridized carbons (Fsp3) is 1.00. The fourth-order valence-corrected chi connectivity index (χ4v) is 3.98. The van der Waals surface area contributed by atoms with Gasteiger partial charge in [-0.25, -0.2) is 0 Å². The van der Waals surface area contributed by atoms with Crippen LogP contribution in [0.1, 0.15) is 52.4 Å². The van der Waals surface area contributed by atoms with Gasteiger partial charge < -0.3 is 15.2 Å². The lowest BCUT2D eigenvalue weighted by Crippen LogP contribution is -2.49. The van der Waals surface area contributed by atoms with Crippen LogP contribution in [-0.4, -0.2) is 62.6 Å². The zero-order valence-corrected chi connectivity index (χ0v) is 14.7. The molecule has 0 radical (unpaired) electrons. The van der Waals surface area contributed by atoms with Gasteiger partial charge in [0, 0.05) is 39.3 Å². The maximum absolute atomic E-state index is 9.17. The highest BCUT2D eigenvalue weighted by Crippen LogP contribution is 2.37. The first-order valence-corrected chi connectivity index (χ1v) is 9.17. The lowest BCUT2D eigenvalue weighted by molar-refractivity contribution is 0.00664. The summed E-state index contributed by atoms with van der Waals surface area (Å²) in [7, 11) is 0. The SMILES string of the molecule is CC(C)(CCO)CNCC1(CN2CCOCC2)CCCCC1. The van der Waals surface area contributed by atoms with Crippen molar-refractivity contribution in [2.24, 2.45) is 10.8 Å². The van der Waals surface area contributed by atoms with Crippen LogP contribution in [-0.2, 0) is 4.74 Å². The smallest absolute Gasteiger partial charge is 0.0594 e. The molecule has 2 rings (SSSR count). The molecule has 1 heterocycles. The Morgan fingerprint density at radius 1 is 1.14 bits per heavy atom. The number of hydrogen-bond acceptors (Lipinski definition) is 4. The average molecular weight is 312 g/mol. The molecular formula is C18H36N2O2. The molecule has 0 atom stereocenters. The van der Waals surface area contributed by atoms with E-state index in [0.717, 1.165) is 45.8 Å². The first-order valence-electron chi connectivity index (χ1n) is 9.17. The second-order valence-corrected chi connectivity index (χ2v) is 8.19. The molecule has 1 saturated carbocycles. The molecule has 2 N–H and O–H groups in total. The molecule has 0 aromatic carbocycles. The number of aliphatic hydroxyl groups excluding tert-OH is 1. The predicted molar refractivity (Wildman–Crippen MR) is 91.1 cm³/mol. The molecule has 0 aromatic rings. The fourth-order valence-electron chi connectivity index (χ4n) is 3.98. The predicted octanol–water partition coefficient (Wildman–Crippen LogP) is 2.27. The number of nitrogens with zero attached hydrogens (tertiary/aromatic N) is 1. The number of morpholine rings is 1. The zero-order chi connectivity index (χ0) is 15.9. The Morgan fingerprint density at radius 2 is 1.82 bits per heavy atom. The van der Waals surface area contributed by atoms with Gasteiger partial charge in [-0.05, 0) is 30.1 Å². The monoisotopic (exact) mass is 312 g/mol. The third kappa shape index (κ3) is 5.80.